The summed E-state index contributed by atoms with van der Waals surface area (Å²) in [5.74, 6) is -0.476. The highest BCUT2D eigenvalue weighted by atomic mass is 35.5. The van der Waals surface area contributed by atoms with Gasteiger partial charge in [-0.15, -0.1) is 12.4 Å². The molecule has 0 aromatic heterocycles. The van der Waals surface area contributed by atoms with Gasteiger partial charge in [-0.1, -0.05) is 0 Å². The largest absolute Gasteiger partial charge is 0.508 e. The van der Waals surface area contributed by atoms with Crippen molar-refractivity contribution in [3.8, 4) is 11.5 Å². The van der Waals surface area contributed by atoms with Crippen LogP contribution in [-0.4, -0.2) is 22.3 Å². The van der Waals surface area contributed by atoms with Gasteiger partial charge in [0.2, 0.25) is 0 Å². The summed E-state index contributed by atoms with van der Waals surface area (Å²) in [5.41, 5.74) is 0. The summed E-state index contributed by atoms with van der Waals surface area (Å²) in [7, 11) is 0. The molecule has 1 atom stereocenters. The second kappa shape index (κ2) is 5.34. The first-order valence-corrected chi connectivity index (χ1v) is 3.78. The van der Waals surface area contributed by atoms with Crippen LogP contribution in [0.25, 0.3) is 0 Å². The van der Waals surface area contributed by atoms with Gasteiger partial charge < -0.3 is 14.9 Å². The second-order valence-corrected chi connectivity index (χ2v) is 2.59. The molecule has 0 amide bonds. The Morgan fingerprint density at radius 3 is 2.29 bits per heavy atom. The molecule has 0 saturated carbocycles. The molecule has 0 aliphatic carbocycles. The van der Waals surface area contributed by atoms with Gasteiger partial charge in [0.15, 0.2) is 6.10 Å². The van der Waals surface area contributed by atoms with Crippen LogP contribution in [0, 0.1) is 0 Å². The van der Waals surface area contributed by atoms with E-state index in [4.69, 9.17) is 14.9 Å². The van der Waals surface area contributed by atoms with Crippen molar-refractivity contribution in [2.75, 3.05) is 0 Å². The number of aliphatic carboxylic acids is 1. The van der Waals surface area contributed by atoms with Gasteiger partial charge in [0.25, 0.3) is 0 Å². The van der Waals surface area contributed by atoms with Gasteiger partial charge in [0, 0.05) is 0 Å². The molecule has 1 rings (SSSR count). The Balaban J connectivity index is 0.00000169. The van der Waals surface area contributed by atoms with Gasteiger partial charge in [-0.25, -0.2) is 4.79 Å². The highest BCUT2D eigenvalue weighted by Crippen LogP contribution is 2.16. The Morgan fingerprint density at radius 2 is 1.86 bits per heavy atom. The van der Waals surface area contributed by atoms with Crippen molar-refractivity contribution in [2.45, 2.75) is 13.0 Å². The number of aromatic hydroxyl groups is 1. The first kappa shape index (κ1) is 12.6. The van der Waals surface area contributed by atoms with E-state index in [1.807, 2.05) is 0 Å². The summed E-state index contributed by atoms with van der Waals surface area (Å²) < 4.78 is 5.02. The third kappa shape index (κ3) is 3.53. The normalized spacial score (nSPS) is 11.2. The Hall–Kier alpha value is -1.42. The number of carbonyl (C=O) groups is 1. The highest BCUT2D eigenvalue weighted by molar-refractivity contribution is 5.85. The van der Waals surface area contributed by atoms with E-state index in [2.05, 4.69) is 0 Å². The van der Waals surface area contributed by atoms with Crippen LogP contribution < -0.4 is 4.74 Å². The van der Waals surface area contributed by atoms with Crippen LogP contribution in [0.1, 0.15) is 6.92 Å². The van der Waals surface area contributed by atoms with E-state index < -0.39 is 12.1 Å². The van der Waals surface area contributed by atoms with E-state index in [1.165, 1.54) is 31.2 Å². The van der Waals surface area contributed by atoms with Gasteiger partial charge in [-0.3, -0.25) is 0 Å². The zero-order valence-electron chi connectivity index (χ0n) is 7.51. The molecule has 4 nitrogen and oxygen atoms in total. The average Bonchev–Trinajstić information content (AvgIpc) is 2.08. The van der Waals surface area contributed by atoms with E-state index >= 15 is 0 Å². The number of ether oxygens (including phenoxy) is 1. The van der Waals surface area contributed by atoms with Crippen LogP contribution in [0.3, 0.4) is 0 Å². The van der Waals surface area contributed by atoms with Crippen LogP contribution in [-0.2, 0) is 4.79 Å². The van der Waals surface area contributed by atoms with Crippen molar-refractivity contribution in [2.24, 2.45) is 0 Å². The lowest BCUT2D eigenvalue weighted by Gasteiger charge is -2.09. The number of benzene rings is 1. The van der Waals surface area contributed by atoms with E-state index in [-0.39, 0.29) is 18.2 Å². The lowest BCUT2D eigenvalue weighted by atomic mass is 10.3. The van der Waals surface area contributed by atoms with Crippen molar-refractivity contribution in [3.63, 3.8) is 0 Å². The fourth-order valence-corrected chi connectivity index (χ4v) is 0.779. The molecule has 0 unspecified atom stereocenters. The maximum Gasteiger partial charge on any atom is 0.344 e. The highest BCUT2D eigenvalue weighted by Gasteiger charge is 2.11. The minimum atomic E-state index is -1.02. The maximum absolute atomic E-state index is 10.4. The fourth-order valence-electron chi connectivity index (χ4n) is 0.779. The first-order valence-electron chi connectivity index (χ1n) is 3.78. The van der Waals surface area contributed by atoms with Crippen LogP contribution >= 0.6 is 12.4 Å². The zero-order chi connectivity index (χ0) is 9.84. The molecule has 1 aromatic rings. The lowest BCUT2D eigenvalue weighted by molar-refractivity contribution is -0.144. The molecule has 14 heavy (non-hydrogen) atoms. The lowest BCUT2D eigenvalue weighted by Crippen LogP contribution is -2.22. The molecule has 0 spiro atoms. The van der Waals surface area contributed by atoms with Gasteiger partial charge in [0.1, 0.15) is 11.5 Å². The Kier molecular flexibility index (Phi) is 4.80. The van der Waals surface area contributed by atoms with Crippen LogP contribution in [0.15, 0.2) is 24.3 Å². The van der Waals surface area contributed by atoms with Gasteiger partial charge in [-0.05, 0) is 31.2 Å². The Labute approximate surface area is 87.5 Å². The molecule has 0 radical (unpaired) electrons. The minimum absolute atomic E-state index is 0. The third-order valence-corrected chi connectivity index (χ3v) is 1.50. The molecule has 0 aliphatic heterocycles. The number of halogens is 1. The Bertz CT molecular complexity index is 296. The topological polar surface area (TPSA) is 66.8 Å². The first-order chi connectivity index (χ1) is 6.09. The zero-order valence-corrected chi connectivity index (χ0v) is 8.32. The predicted molar refractivity (Wildman–Crippen MR) is 53.1 cm³/mol. The summed E-state index contributed by atoms with van der Waals surface area (Å²) in [6, 6.07) is 5.89. The van der Waals surface area contributed by atoms with Crippen molar-refractivity contribution in [1.29, 1.82) is 0 Å². The number of phenols is 1. The predicted octanol–water partition coefficient (Wildman–Crippen LogP) is 1.67. The van der Waals surface area contributed by atoms with Crippen molar-refractivity contribution in [1.82, 2.24) is 0 Å². The maximum atomic E-state index is 10.4. The molecular formula is C9H11ClO4. The molecule has 0 bridgehead atoms. The number of phenolic OH excluding ortho intramolecular Hbond substituents is 1. The van der Waals surface area contributed by atoms with Crippen LogP contribution in [0.2, 0.25) is 0 Å². The third-order valence-electron chi connectivity index (χ3n) is 1.50. The van der Waals surface area contributed by atoms with Gasteiger partial charge in [-0.2, -0.15) is 0 Å². The van der Waals surface area contributed by atoms with Gasteiger partial charge >= 0.3 is 5.97 Å². The molecule has 78 valence electrons. The SMILES string of the molecule is C[C@@H](Oc1ccc(O)cc1)C(=O)O.Cl. The molecule has 5 heteroatoms. The van der Waals surface area contributed by atoms with Crippen molar-refractivity contribution < 1.29 is 19.7 Å². The summed E-state index contributed by atoms with van der Waals surface area (Å²) in [4.78, 5) is 10.4. The summed E-state index contributed by atoms with van der Waals surface area (Å²) >= 11 is 0. The number of hydrogen-bond acceptors (Lipinski definition) is 3. The summed E-state index contributed by atoms with van der Waals surface area (Å²) in [6.07, 6.45) is -0.885. The van der Waals surface area contributed by atoms with Gasteiger partial charge in [0.05, 0.1) is 0 Å². The molecular weight excluding hydrogens is 208 g/mol. The second-order valence-electron chi connectivity index (χ2n) is 2.59. The number of rotatable bonds is 3. The number of hydrogen-bond donors (Lipinski definition) is 2. The number of carboxylic acids is 1. The molecule has 2 N–H and O–H groups in total. The summed E-state index contributed by atoms with van der Waals surface area (Å²) in [6.45, 7) is 1.44. The fraction of sp³-hybridized carbons (Fsp3) is 0.222. The molecule has 0 fully saturated rings. The number of carboxylic acid groups (broad SMARTS) is 1. The van der Waals surface area contributed by atoms with E-state index in [9.17, 15) is 4.79 Å². The van der Waals surface area contributed by atoms with Crippen molar-refractivity contribution >= 4 is 18.4 Å². The van der Waals surface area contributed by atoms with Crippen molar-refractivity contribution in [3.05, 3.63) is 24.3 Å². The monoisotopic (exact) mass is 218 g/mol. The quantitative estimate of drug-likeness (QED) is 0.810. The molecule has 0 saturated heterocycles. The average molecular weight is 219 g/mol. The van der Waals surface area contributed by atoms with E-state index in [0.717, 1.165) is 0 Å². The van der Waals surface area contributed by atoms with E-state index in [1.54, 1.807) is 0 Å². The Morgan fingerprint density at radius 1 is 1.36 bits per heavy atom. The standard InChI is InChI=1S/C9H10O4.ClH/c1-6(9(11)12)13-8-4-2-7(10)3-5-8;/h2-6,10H,1H3,(H,11,12);1H/t6-;/m1./s1. The molecule has 1 aromatic carbocycles. The molecule has 0 heterocycles. The summed E-state index contributed by atoms with van der Waals surface area (Å²) in [5, 5.41) is 17.5. The van der Waals surface area contributed by atoms with Crippen LogP contribution in [0.5, 0.6) is 11.5 Å². The van der Waals surface area contributed by atoms with E-state index in [0.29, 0.717) is 5.75 Å². The minimum Gasteiger partial charge on any atom is -0.508 e. The smallest absolute Gasteiger partial charge is 0.344 e. The van der Waals surface area contributed by atoms with Crippen LogP contribution in [0.4, 0.5) is 0 Å². The molecule has 0 aliphatic rings.